The highest BCUT2D eigenvalue weighted by atomic mass is 16.5. The minimum absolute atomic E-state index is 0.0494. The molecule has 0 saturated carbocycles. The van der Waals surface area contributed by atoms with Crippen molar-refractivity contribution in [3.63, 3.8) is 0 Å². The Hall–Kier alpha value is -3.65. The van der Waals surface area contributed by atoms with Gasteiger partial charge in [-0.3, -0.25) is 14.4 Å². The Morgan fingerprint density at radius 3 is 2.41 bits per heavy atom. The van der Waals surface area contributed by atoms with Gasteiger partial charge in [-0.15, -0.1) is 0 Å². The SMILES string of the molecule is CC(=O)c1ccc(OC(C)C(=O)Nc2c(C(=O)N3CCOCC3)oc3ccccc23)cc1. The van der Waals surface area contributed by atoms with E-state index in [4.69, 9.17) is 13.9 Å². The molecule has 3 aromatic rings. The number of amides is 2. The van der Waals surface area contributed by atoms with Crippen LogP contribution in [0.1, 0.15) is 34.8 Å². The van der Waals surface area contributed by atoms with Crippen LogP contribution < -0.4 is 10.1 Å². The van der Waals surface area contributed by atoms with Gasteiger partial charge < -0.3 is 24.1 Å². The summed E-state index contributed by atoms with van der Waals surface area (Å²) in [5.74, 6) is -0.234. The Morgan fingerprint density at radius 2 is 1.72 bits per heavy atom. The van der Waals surface area contributed by atoms with Gasteiger partial charge in [-0.2, -0.15) is 0 Å². The maximum Gasteiger partial charge on any atom is 0.291 e. The summed E-state index contributed by atoms with van der Waals surface area (Å²) in [6.45, 7) is 4.93. The summed E-state index contributed by atoms with van der Waals surface area (Å²) in [5, 5.41) is 3.45. The molecular formula is C24H24N2O6. The highest BCUT2D eigenvalue weighted by Gasteiger charge is 2.28. The number of ether oxygens (including phenoxy) is 2. The van der Waals surface area contributed by atoms with Crippen LogP contribution >= 0.6 is 0 Å². The number of morpholine rings is 1. The number of carbonyl (C=O) groups is 3. The highest BCUT2D eigenvalue weighted by Crippen LogP contribution is 2.32. The first-order valence-corrected chi connectivity index (χ1v) is 10.4. The zero-order chi connectivity index (χ0) is 22.7. The summed E-state index contributed by atoms with van der Waals surface area (Å²) < 4.78 is 16.9. The predicted molar refractivity (Wildman–Crippen MR) is 118 cm³/mol. The molecule has 0 aliphatic carbocycles. The van der Waals surface area contributed by atoms with Crippen LogP contribution in [0.25, 0.3) is 11.0 Å². The molecule has 1 unspecified atom stereocenters. The fraction of sp³-hybridized carbons (Fsp3) is 0.292. The molecule has 1 aliphatic rings. The Bertz CT molecular complexity index is 1150. The van der Waals surface area contributed by atoms with Crippen LogP contribution in [-0.4, -0.2) is 54.9 Å². The minimum atomic E-state index is -0.849. The molecule has 0 radical (unpaired) electrons. The molecule has 4 rings (SSSR count). The van der Waals surface area contributed by atoms with Gasteiger partial charge in [0.25, 0.3) is 11.8 Å². The van der Waals surface area contributed by atoms with Gasteiger partial charge in [0, 0.05) is 24.0 Å². The summed E-state index contributed by atoms with van der Waals surface area (Å²) in [6.07, 6.45) is -0.849. The number of rotatable bonds is 6. The van der Waals surface area contributed by atoms with E-state index in [-0.39, 0.29) is 17.5 Å². The molecule has 8 nitrogen and oxygen atoms in total. The van der Waals surface area contributed by atoms with Crippen molar-refractivity contribution in [1.29, 1.82) is 0 Å². The number of hydrogen-bond donors (Lipinski definition) is 1. The largest absolute Gasteiger partial charge is 0.481 e. The fourth-order valence-corrected chi connectivity index (χ4v) is 3.48. The monoisotopic (exact) mass is 436 g/mol. The summed E-state index contributed by atoms with van der Waals surface area (Å²) in [7, 11) is 0. The quantitative estimate of drug-likeness (QED) is 0.594. The standard InChI is InChI=1S/C24H24N2O6/c1-15(27)17-7-9-18(10-8-17)31-16(2)23(28)25-21-19-5-3-4-6-20(19)32-22(21)24(29)26-11-13-30-14-12-26/h3-10,16H,11-14H2,1-2H3,(H,25,28). The average Bonchev–Trinajstić information content (AvgIpc) is 3.17. The number of carbonyl (C=O) groups excluding carboxylic acids is 3. The van der Waals surface area contributed by atoms with Crippen molar-refractivity contribution < 1.29 is 28.3 Å². The molecule has 1 atom stereocenters. The predicted octanol–water partition coefficient (Wildman–Crippen LogP) is 3.51. The van der Waals surface area contributed by atoms with E-state index in [0.29, 0.717) is 54.3 Å². The smallest absolute Gasteiger partial charge is 0.291 e. The number of fused-ring (bicyclic) bond motifs is 1. The van der Waals surface area contributed by atoms with Crippen molar-refractivity contribution >= 4 is 34.3 Å². The van der Waals surface area contributed by atoms with E-state index >= 15 is 0 Å². The molecule has 166 valence electrons. The third kappa shape index (κ3) is 4.50. The van der Waals surface area contributed by atoms with Crippen molar-refractivity contribution in [3.8, 4) is 5.75 Å². The van der Waals surface area contributed by atoms with Crippen LogP contribution in [-0.2, 0) is 9.53 Å². The summed E-state index contributed by atoms with van der Waals surface area (Å²) in [4.78, 5) is 39.1. The first-order chi connectivity index (χ1) is 15.4. The van der Waals surface area contributed by atoms with Crippen molar-refractivity contribution in [3.05, 3.63) is 59.9 Å². The lowest BCUT2D eigenvalue weighted by Gasteiger charge is -2.26. The Labute approximate surface area is 185 Å². The number of benzene rings is 2. The van der Waals surface area contributed by atoms with Crippen LogP contribution in [0, 0.1) is 0 Å². The first kappa shape index (κ1) is 21.6. The fourth-order valence-electron chi connectivity index (χ4n) is 3.48. The van der Waals surface area contributed by atoms with E-state index in [2.05, 4.69) is 5.32 Å². The van der Waals surface area contributed by atoms with Gasteiger partial charge in [0.1, 0.15) is 17.0 Å². The van der Waals surface area contributed by atoms with Crippen LogP contribution in [0.5, 0.6) is 5.75 Å². The van der Waals surface area contributed by atoms with E-state index < -0.39 is 12.0 Å². The first-order valence-electron chi connectivity index (χ1n) is 10.4. The van der Waals surface area contributed by atoms with Crippen LogP contribution in [0.3, 0.4) is 0 Å². The molecule has 0 bridgehead atoms. The second kappa shape index (κ2) is 9.23. The molecule has 1 N–H and O–H groups in total. The van der Waals surface area contributed by atoms with Crippen molar-refractivity contribution in [2.24, 2.45) is 0 Å². The summed E-state index contributed by atoms with van der Waals surface area (Å²) >= 11 is 0. The molecule has 2 aromatic carbocycles. The van der Waals surface area contributed by atoms with Gasteiger partial charge in [-0.05, 0) is 50.2 Å². The number of furan rings is 1. The van der Waals surface area contributed by atoms with E-state index in [1.165, 1.54) is 6.92 Å². The maximum atomic E-state index is 13.1. The second-order valence-corrected chi connectivity index (χ2v) is 7.54. The third-order valence-corrected chi connectivity index (χ3v) is 5.28. The Morgan fingerprint density at radius 1 is 1.03 bits per heavy atom. The topological polar surface area (TPSA) is 98.1 Å². The van der Waals surface area contributed by atoms with Gasteiger partial charge in [-0.1, -0.05) is 12.1 Å². The molecular weight excluding hydrogens is 412 g/mol. The van der Waals surface area contributed by atoms with E-state index in [0.717, 1.165) is 0 Å². The lowest BCUT2D eigenvalue weighted by Crippen LogP contribution is -2.41. The van der Waals surface area contributed by atoms with Crippen molar-refractivity contribution in [1.82, 2.24) is 4.90 Å². The molecule has 1 aromatic heterocycles. The maximum absolute atomic E-state index is 13.1. The van der Waals surface area contributed by atoms with Gasteiger partial charge in [0.15, 0.2) is 11.9 Å². The number of hydrogen-bond acceptors (Lipinski definition) is 6. The third-order valence-electron chi connectivity index (χ3n) is 5.28. The molecule has 2 heterocycles. The number of nitrogens with one attached hydrogen (secondary N) is 1. The lowest BCUT2D eigenvalue weighted by molar-refractivity contribution is -0.122. The number of nitrogens with zero attached hydrogens (tertiary/aromatic N) is 1. The molecule has 1 saturated heterocycles. The zero-order valence-corrected chi connectivity index (χ0v) is 17.9. The van der Waals surface area contributed by atoms with E-state index in [9.17, 15) is 14.4 Å². The normalized spacial score (nSPS) is 14.8. The van der Waals surface area contributed by atoms with Crippen LogP contribution in [0.4, 0.5) is 5.69 Å². The highest BCUT2D eigenvalue weighted by molar-refractivity contribution is 6.11. The summed E-state index contributed by atoms with van der Waals surface area (Å²) in [6, 6.07) is 13.7. The molecule has 2 amide bonds. The van der Waals surface area contributed by atoms with Crippen LogP contribution in [0.2, 0.25) is 0 Å². The molecule has 1 fully saturated rings. The average molecular weight is 436 g/mol. The Kier molecular flexibility index (Phi) is 6.23. The van der Waals surface area contributed by atoms with Crippen molar-refractivity contribution in [2.45, 2.75) is 20.0 Å². The van der Waals surface area contributed by atoms with Gasteiger partial charge >= 0.3 is 0 Å². The van der Waals surface area contributed by atoms with Gasteiger partial charge in [0.2, 0.25) is 5.76 Å². The van der Waals surface area contributed by atoms with Gasteiger partial charge in [-0.25, -0.2) is 0 Å². The van der Waals surface area contributed by atoms with Crippen molar-refractivity contribution in [2.75, 3.05) is 31.6 Å². The zero-order valence-electron chi connectivity index (χ0n) is 17.9. The number of Topliss-reactive ketones (excluding diaryl/α,β-unsaturated/α-hetero) is 1. The minimum Gasteiger partial charge on any atom is -0.481 e. The molecule has 1 aliphatic heterocycles. The Balaban J connectivity index is 1.55. The molecule has 0 spiro atoms. The number of ketones is 1. The van der Waals surface area contributed by atoms with Gasteiger partial charge in [0.05, 0.1) is 13.2 Å². The number of para-hydroxylation sites is 1. The molecule has 32 heavy (non-hydrogen) atoms. The summed E-state index contributed by atoms with van der Waals surface area (Å²) in [5.41, 5.74) is 1.39. The molecule has 8 heteroatoms. The lowest BCUT2D eigenvalue weighted by atomic mass is 10.1. The second-order valence-electron chi connectivity index (χ2n) is 7.54. The van der Waals surface area contributed by atoms with Crippen LogP contribution in [0.15, 0.2) is 52.9 Å². The van der Waals surface area contributed by atoms with E-state index in [1.807, 2.05) is 6.07 Å². The number of anilines is 1. The van der Waals surface area contributed by atoms with E-state index in [1.54, 1.807) is 54.3 Å².